The van der Waals surface area contributed by atoms with Gasteiger partial charge in [0.2, 0.25) is 5.91 Å². The number of benzene rings is 1. The quantitative estimate of drug-likeness (QED) is 0.215. The molecule has 0 atom stereocenters. The number of rotatable bonds is 12. The number of nitrogens with one attached hydrogen (secondary N) is 1. The highest BCUT2D eigenvalue weighted by Gasteiger charge is 2.51. The highest BCUT2D eigenvalue weighted by Crippen LogP contribution is 2.39. The maximum Gasteiger partial charge on any atom is 0.446 e. The summed E-state index contributed by atoms with van der Waals surface area (Å²) in [4.78, 5) is 54.4. The molecular weight excluding hydrogens is 595 g/mol. The van der Waals surface area contributed by atoms with Gasteiger partial charge in [-0.1, -0.05) is 13.0 Å². The van der Waals surface area contributed by atoms with Gasteiger partial charge in [0.05, 0.1) is 12.2 Å². The fourth-order valence-electron chi connectivity index (χ4n) is 4.67. The van der Waals surface area contributed by atoms with Crippen LogP contribution in [0.5, 0.6) is 0 Å². The molecule has 1 aliphatic rings. The van der Waals surface area contributed by atoms with Gasteiger partial charge in [-0.25, -0.2) is 19.7 Å². The molecule has 2 aromatic heterocycles. The van der Waals surface area contributed by atoms with E-state index in [1.165, 1.54) is 35.4 Å². The van der Waals surface area contributed by atoms with E-state index in [1.807, 2.05) is 42.0 Å². The molecule has 234 valence electrons. The largest absolute Gasteiger partial charge is 0.446 e. The third kappa shape index (κ3) is 8.05. The topological polar surface area (TPSA) is 102 Å². The predicted molar refractivity (Wildman–Crippen MR) is 163 cm³/mol. The zero-order chi connectivity index (χ0) is 32.1. The van der Waals surface area contributed by atoms with Crippen LogP contribution in [0.3, 0.4) is 0 Å². The molecule has 0 saturated carbocycles. The summed E-state index contributed by atoms with van der Waals surface area (Å²) in [6.45, 7) is 7.37. The van der Waals surface area contributed by atoms with E-state index < -0.39 is 23.0 Å². The lowest BCUT2D eigenvalue weighted by Crippen LogP contribution is -2.43. The first-order valence-electron chi connectivity index (χ1n) is 13.9. The van der Waals surface area contributed by atoms with Gasteiger partial charge in [0, 0.05) is 44.0 Å². The maximum absolute atomic E-state index is 13.4. The van der Waals surface area contributed by atoms with E-state index in [9.17, 15) is 27.6 Å². The van der Waals surface area contributed by atoms with Crippen LogP contribution in [0, 0.1) is 0 Å². The van der Waals surface area contributed by atoms with Crippen LogP contribution in [0.25, 0.3) is 0 Å². The number of hydrogen-bond donors (Lipinski definition) is 1. The molecule has 3 aromatic rings. The monoisotopic (exact) mass is 629 g/mol. The van der Waals surface area contributed by atoms with Crippen molar-refractivity contribution in [2.75, 3.05) is 48.3 Å². The minimum Gasteiger partial charge on any atom is -0.358 e. The van der Waals surface area contributed by atoms with Gasteiger partial charge >= 0.3 is 11.5 Å². The van der Waals surface area contributed by atoms with Crippen molar-refractivity contribution >= 4 is 46.9 Å². The van der Waals surface area contributed by atoms with Gasteiger partial charge in [0.15, 0.2) is 0 Å². The zero-order valence-electron chi connectivity index (χ0n) is 24.8. The number of thioether (sulfide) groups is 1. The Balaban J connectivity index is 1.38. The van der Waals surface area contributed by atoms with Crippen LogP contribution in [0.2, 0.25) is 0 Å². The third-order valence-electron chi connectivity index (χ3n) is 7.19. The number of anilines is 3. The number of amides is 4. The molecule has 0 unspecified atom stereocenters. The van der Waals surface area contributed by atoms with E-state index in [2.05, 4.69) is 15.3 Å². The summed E-state index contributed by atoms with van der Waals surface area (Å²) in [5.41, 5.74) is -4.87. The highest BCUT2D eigenvalue weighted by molar-refractivity contribution is 8.00. The molecule has 1 saturated heterocycles. The molecule has 0 bridgehead atoms. The van der Waals surface area contributed by atoms with Crippen molar-refractivity contribution in [2.24, 2.45) is 0 Å². The van der Waals surface area contributed by atoms with Crippen molar-refractivity contribution in [1.29, 1.82) is 0 Å². The lowest BCUT2D eigenvalue weighted by atomic mass is 10.0. The normalized spacial score (nSPS) is 14.8. The van der Waals surface area contributed by atoms with Crippen LogP contribution in [0.4, 0.5) is 35.3 Å². The van der Waals surface area contributed by atoms with E-state index in [0.717, 1.165) is 10.7 Å². The van der Waals surface area contributed by atoms with Crippen molar-refractivity contribution in [1.82, 2.24) is 19.8 Å². The Morgan fingerprint density at radius 3 is 2.39 bits per heavy atom. The second-order valence-corrected chi connectivity index (χ2v) is 11.8. The number of imide groups is 1. The van der Waals surface area contributed by atoms with Crippen molar-refractivity contribution in [3.8, 4) is 0 Å². The molecule has 1 aromatic carbocycles. The van der Waals surface area contributed by atoms with Crippen molar-refractivity contribution < 1.29 is 27.6 Å². The summed E-state index contributed by atoms with van der Waals surface area (Å²) >= 11 is -0.274. The van der Waals surface area contributed by atoms with E-state index in [-0.39, 0.29) is 41.3 Å². The van der Waals surface area contributed by atoms with E-state index in [0.29, 0.717) is 31.0 Å². The molecule has 1 fully saturated rings. The fourth-order valence-corrected chi connectivity index (χ4v) is 5.21. The van der Waals surface area contributed by atoms with E-state index >= 15 is 0 Å². The fraction of sp³-hybridized carbons (Fsp3) is 0.367. The van der Waals surface area contributed by atoms with Crippen molar-refractivity contribution in [2.45, 2.75) is 43.3 Å². The number of likely N-dealkylation sites (N-methyl/N-ethyl adjacent to an activating group) is 2. The molecule has 3 heterocycles. The zero-order valence-corrected chi connectivity index (χ0v) is 25.7. The van der Waals surface area contributed by atoms with Gasteiger partial charge in [-0.2, -0.15) is 13.2 Å². The molecule has 4 rings (SSSR count). The second-order valence-electron chi connectivity index (χ2n) is 10.7. The molecule has 10 nitrogen and oxygen atoms in total. The Bertz CT molecular complexity index is 1470. The van der Waals surface area contributed by atoms with Crippen LogP contribution in [0.1, 0.15) is 26.3 Å². The number of halogens is 3. The average molecular weight is 630 g/mol. The lowest BCUT2D eigenvalue weighted by molar-refractivity contribution is -0.123. The first-order chi connectivity index (χ1) is 20.8. The van der Waals surface area contributed by atoms with Crippen molar-refractivity contribution in [3.63, 3.8) is 0 Å². The van der Waals surface area contributed by atoms with Gasteiger partial charge in [0.25, 0.3) is 5.91 Å². The summed E-state index contributed by atoms with van der Waals surface area (Å²) in [5.74, 6) is 0.397. The Labute approximate surface area is 258 Å². The summed E-state index contributed by atoms with van der Waals surface area (Å²) < 4.78 is 38.1. The van der Waals surface area contributed by atoms with Crippen LogP contribution >= 0.6 is 11.8 Å². The van der Waals surface area contributed by atoms with E-state index in [4.69, 9.17) is 0 Å². The average Bonchev–Trinajstić information content (AvgIpc) is 3.14. The minimum atomic E-state index is -4.45. The second kappa shape index (κ2) is 13.6. The Hall–Kier alpha value is -4.17. The molecule has 44 heavy (non-hydrogen) atoms. The smallest absolute Gasteiger partial charge is 0.358 e. The number of carbonyl (C=O) groups is 3. The SMILES string of the molecule is CCN(CCN(C)c1ccccn1)CC(=O)Nc1cc(CN2C(=O)N(c3ccc(SC(F)(F)F)cc3)C(=O)C2(C)C)ccn1. The van der Waals surface area contributed by atoms with Crippen molar-refractivity contribution in [3.05, 3.63) is 72.6 Å². The number of urea groups is 1. The molecule has 14 heteroatoms. The van der Waals surface area contributed by atoms with Crippen LogP contribution < -0.4 is 15.1 Å². The molecule has 1 N–H and O–H groups in total. The first kappa shape index (κ1) is 32.7. The van der Waals surface area contributed by atoms with Gasteiger partial charge in [-0.15, -0.1) is 0 Å². The predicted octanol–water partition coefficient (Wildman–Crippen LogP) is 5.23. The number of carbonyl (C=O) groups excluding carboxylic acids is 3. The van der Waals surface area contributed by atoms with Gasteiger partial charge in [-0.3, -0.25) is 14.5 Å². The van der Waals surface area contributed by atoms with Gasteiger partial charge in [-0.05, 0) is 86.2 Å². The third-order valence-corrected chi connectivity index (χ3v) is 7.93. The summed E-state index contributed by atoms with van der Waals surface area (Å²) in [6, 6.07) is 13.5. The molecular formula is C30H34F3N7O3S. The molecule has 4 amide bonds. The molecule has 0 aliphatic carbocycles. The lowest BCUT2D eigenvalue weighted by Gasteiger charge is -2.27. The Morgan fingerprint density at radius 1 is 1.02 bits per heavy atom. The number of alkyl halides is 3. The van der Waals surface area contributed by atoms with E-state index in [1.54, 1.807) is 32.2 Å². The standard InChI is InChI=1S/C30H34F3N7O3S/c1-5-38(17-16-37(4)25-8-6-7-14-35-25)20-26(41)36-24-18-21(13-15-34-24)19-39-28(43)40(27(42)29(39,2)3)22-9-11-23(12-10-22)44-30(31,32)33/h6-15,18H,5,16-17,19-20H2,1-4H3,(H,34,36,41). The Kier molecular flexibility index (Phi) is 10.1. The summed E-state index contributed by atoms with van der Waals surface area (Å²) in [7, 11) is 1.94. The number of nitrogens with zero attached hydrogens (tertiary/aromatic N) is 6. The molecule has 1 aliphatic heterocycles. The highest BCUT2D eigenvalue weighted by atomic mass is 32.2. The van der Waals surface area contributed by atoms with Gasteiger partial charge in [0.1, 0.15) is 17.2 Å². The van der Waals surface area contributed by atoms with Crippen LogP contribution in [-0.4, -0.2) is 81.9 Å². The molecule has 0 radical (unpaired) electrons. The van der Waals surface area contributed by atoms with Crippen LogP contribution in [-0.2, 0) is 16.1 Å². The number of hydrogen-bond acceptors (Lipinski definition) is 8. The summed E-state index contributed by atoms with van der Waals surface area (Å²) in [5, 5.41) is 2.81. The Morgan fingerprint density at radius 2 is 1.75 bits per heavy atom. The first-order valence-corrected chi connectivity index (χ1v) is 14.7. The number of pyridine rings is 2. The van der Waals surface area contributed by atoms with Gasteiger partial charge < -0.3 is 15.1 Å². The maximum atomic E-state index is 13.4. The number of aromatic nitrogens is 2. The van der Waals surface area contributed by atoms with Crippen LogP contribution in [0.15, 0.2) is 71.9 Å². The summed E-state index contributed by atoms with van der Waals surface area (Å²) in [6.07, 6.45) is 3.24. The minimum absolute atomic E-state index is 0.0441. The molecule has 0 spiro atoms.